The van der Waals surface area contributed by atoms with E-state index in [0.717, 1.165) is 0 Å². The second kappa shape index (κ2) is 5.21. The Balaban J connectivity index is 3.04. The highest BCUT2D eigenvalue weighted by Crippen LogP contribution is 2.24. The first-order chi connectivity index (χ1) is 8.13. The van der Waals surface area contributed by atoms with E-state index in [4.69, 9.17) is 25.9 Å². The maximum absolute atomic E-state index is 8.79. The Morgan fingerprint density at radius 1 is 1.29 bits per heavy atom. The van der Waals surface area contributed by atoms with Crippen molar-refractivity contribution in [1.82, 2.24) is 0 Å². The molecule has 0 radical (unpaired) electrons. The van der Waals surface area contributed by atoms with Gasteiger partial charge in [0.1, 0.15) is 35.1 Å². The van der Waals surface area contributed by atoms with E-state index in [2.05, 4.69) is 0 Å². The smallest absolute Gasteiger partial charge is 0.209 e. The van der Waals surface area contributed by atoms with Gasteiger partial charge in [0, 0.05) is 5.56 Å². The third kappa shape index (κ3) is 2.53. The monoisotopic (exact) mass is 224 g/mol. The summed E-state index contributed by atoms with van der Waals surface area (Å²) in [5.41, 5.74) is 6.41. The van der Waals surface area contributed by atoms with E-state index in [-0.39, 0.29) is 11.5 Å². The standard InChI is InChI=1S/C12H8N4O/c1-8-10(7-15)12(16)17-11(8)4-2-3-9(5-13)6-14/h2-4H,16H2,1H3/b4-2+. The Labute approximate surface area is 98.3 Å². The van der Waals surface area contributed by atoms with Gasteiger partial charge >= 0.3 is 0 Å². The van der Waals surface area contributed by atoms with Crippen LogP contribution in [0.2, 0.25) is 0 Å². The lowest BCUT2D eigenvalue weighted by Gasteiger charge is -1.86. The molecule has 0 fully saturated rings. The maximum atomic E-state index is 8.79. The van der Waals surface area contributed by atoms with Gasteiger partial charge < -0.3 is 10.2 Å². The summed E-state index contributed by atoms with van der Waals surface area (Å²) in [5, 5.41) is 25.8. The number of hydrogen-bond donors (Lipinski definition) is 1. The predicted octanol–water partition coefficient (Wildman–Crippen LogP) is 2.03. The van der Waals surface area contributed by atoms with E-state index < -0.39 is 0 Å². The lowest BCUT2D eigenvalue weighted by molar-refractivity contribution is 0.574. The largest absolute Gasteiger partial charge is 0.440 e. The number of anilines is 1. The number of nitriles is 3. The summed E-state index contributed by atoms with van der Waals surface area (Å²) in [6.45, 7) is 1.71. The molecular formula is C12H8N4O. The van der Waals surface area contributed by atoms with Gasteiger partial charge in [0.15, 0.2) is 0 Å². The zero-order valence-corrected chi connectivity index (χ0v) is 9.06. The highest BCUT2D eigenvalue weighted by Gasteiger charge is 2.11. The van der Waals surface area contributed by atoms with Gasteiger partial charge in [-0.25, -0.2) is 0 Å². The minimum absolute atomic E-state index is 0.0149. The van der Waals surface area contributed by atoms with Crippen molar-refractivity contribution in [3.8, 4) is 18.2 Å². The molecule has 0 spiro atoms. The minimum Gasteiger partial charge on any atom is -0.440 e. The zero-order valence-electron chi connectivity index (χ0n) is 9.06. The molecule has 0 saturated heterocycles. The summed E-state index contributed by atoms with van der Waals surface area (Å²) in [7, 11) is 0. The fourth-order valence-corrected chi connectivity index (χ4v) is 1.18. The van der Waals surface area contributed by atoms with Crippen molar-refractivity contribution < 1.29 is 4.42 Å². The number of allylic oxidation sites excluding steroid dienone is 3. The molecule has 2 N–H and O–H groups in total. The Morgan fingerprint density at radius 3 is 2.41 bits per heavy atom. The second-order valence-electron chi connectivity index (χ2n) is 3.11. The van der Waals surface area contributed by atoms with Crippen LogP contribution in [-0.4, -0.2) is 0 Å². The van der Waals surface area contributed by atoms with Gasteiger partial charge in [-0.1, -0.05) is 6.08 Å². The summed E-state index contributed by atoms with van der Waals surface area (Å²) in [6.07, 6.45) is 4.39. The summed E-state index contributed by atoms with van der Waals surface area (Å²) >= 11 is 0. The van der Waals surface area contributed by atoms with Crippen LogP contribution in [0.4, 0.5) is 5.88 Å². The molecule has 82 valence electrons. The molecule has 0 aliphatic heterocycles. The van der Waals surface area contributed by atoms with Crippen LogP contribution in [0.3, 0.4) is 0 Å². The van der Waals surface area contributed by atoms with Crippen LogP contribution in [0.5, 0.6) is 0 Å². The highest BCUT2D eigenvalue weighted by atomic mass is 16.4. The van der Waals surface area contributed by atoms with Crippen molar-refractivity contribution in [2.45, 2.75) is 6.92 Å². The van der Waals surface area contributed by atoms with Crippen LogP contribution in [0.15, 0.2) is 22.1 Å². The van der Waals surface area contributed by atoms with Crippen molar-refractivity contribution in [3.05, 3.63) is 34.6 Å². The molecule has 0 atom stereocenters. The third-order valence-electron chi connectivity index (χ3n) is 2.07. The van der Waals surface area contributed by atoms with Crippen molar-refractivity contribution in [3.63, 3.8) is 0 Å². The number of rotatable bonds is 2. The summed E-state index contributed by atoms with van der Waals surface area (Å²) in [5.74, 6) is 0.500. The van der Waals surface area contributed by atoms with E-state index in [0.29, 0.717) is 16.9 Å². The molecular weight excluding hydrogens is 216 g/mol. The van der Waals surface area contributed by atoms with E-state index >= 15 is 0 Å². The first-order valence-electron chi connectivity index (χ1n) is 4.61. The van der Waals surface area contributed by atoms with Crippen molar-refractivity contribution >= 4 is 12.0 Å². The number of hydrogen-bond acceptors (Lipinski definition) is 5. The number of furan rings is 1. The van der Waals surface area contributed by atoms with E-state index in [9.17, 15) is 0 Å². The van der Waals surface area contributed by atoms with Gasteiger partial charge in [0.2, 0.25) is 5.88 Å². The molecule has 0 saturated carbocycles. The fourth-order valence-electron chi connectivity index (χ4n) is 1.18. The molecule has 1 heterocycles. The zero-order chi connectivity index (χ0) is 12.8. The molecule has 5 nitrogen and oxygen atoms in total. The van der Waals surface area contributed by atoms with Crippen LogP contribution < -0.4 is 5.73 Å². The van der Waals surface area contributed by atoms with Gasteiger partial charge in [0.05, 0.1) is 0 Å². The summed E-state index contributed by atoms with van der Waals surface area (Å²) < 4.78 is 5.16. The average Bonchev–Trinajstić information content (AvgIpc) is 2.60. The Hall–Kier alpha value is -2.97. The lowest BCUT2D eigenvalue weighted by atomic mass is 10.1. The van der Waals surface area contributed by atoms with Crippen LogP contribution in [0.25, 0.3) is 6.08 Å². The normalized spacial score (nSPS) is 9.29. The minimum atomic E-state index is -0.0149. The quantitative estimate of drug-likeness (QED) is 0.610. The van der Waals surface area contributed by atoms with Crippen molar-refractivity contribution in [2.24, 2.45) is 0 Å². The molecule has 0 aromatic carbocycles. The van der Waals surface area contributed by atoms with Crippen molar-refractivity contribution in [2.75, 3.05) is 5.73 Å². The summed E-state index contributed by atoms with van der Waals surface area (Å²) in [4.78, 5) is 0. The van der Waals surface area contributed by atoms with Gasteiger partial charge in [-0.05, 0) is 19.1 Å². The number of nitrogen functional groups attached to an aromatic ring is 1. The molecule has 0 bridgehead atoms. The highest BCUT2D eigenvalue weighted by molar-refractivity contribution is 5.62. The topological polar surface area (TPSA) is 111 Å². The van der Waals surface area contributed by atoms with E-state index in [1.807, 2.05) is 6.07 Å². The van der Waals surface area contributed by atoms with Gasteiger partial charge in [-0.15, -0.1) is 0 Å². The molecule has 1 aromatic rings. The Morgan fingerprint density at radius 2 is 1.94 bits per heavy atom. The predicted molar refractivity (Wildman–Crippen MR) is 60.9 cm³/mol. The number of nitrogens with two attached hydrogens (primary N) is 1. The van der Waals surface area contributed by atoms with Gasteiger partial charge in [-0.3, -0.25) is 0 Å². The van der Waals surface area contributed by atoms with Crippen LogP contribution in [0, 0.1) is 40.9 Å². The van der Waals surface area contributed by atoms with Crippen LogP contribution in [0.1, 0.15) is 16.9 Å². The first-order valence-corrected chi connectivity index (χ1v) is 4.61. The maximum Gasteiger partial charge on any atom is 0.209 e. The molecule has 0 aliphatic rings. The van der Waals surface area contributed by atoms with Crippen LogP contribution >= 0.6 is 0 Å². The fraction of sp³-hybridized carbons (Fsp3) is 0.0833. The second-order valence-corrected chi connectivity index (χ2v) is 3.11. The van der Waals surface area contributed by atoms with E-state index in [1.165, 1.54) is 12.2 Å². The SMILES string of the molecule is Cc1c(/C=C/C=C(C#N)C#N)oc(N)c1C#N. The molecule has 0 unspecified atom stereocenters. The molecule has 1 aromatic heterocycles. The van der Waals surface area contributed by atoms with E-state index in [1.54, 1.807) is 25.1 Å². The molecule has 1 rings (SSSR count). The molecule has 5 heteroatoms. The van der Waals surface area contributed by atoms with Gasteiger partial charge in [-0.2, -0.15) is 15.8 Å². The third-order valence-corrected chi connectivity index (χ3v) is 2.07. The van der Waals surface area contributed by atoms with Gasteiger partial charge in [0.25, 0.3) is 0 Å². The average molecular weight is 224 g/mol. The Kier molecular flexibility index (Phi) is 3.71. The molecule has 0 aliphatic carbocycles. The number of nitrogens with zero attached hydrogens (tertiary/aromatic N) is 3. The first kappa shape index (κ1) is 12.1. The summed E-state index contributed by atoms with van der Waals surface area (Å²) in [6, 6.07) is 5.38. The Bertz CT molecular complexity index is 599. The molecule has 17 heavy (non-hydrogen) atoms. The molecule has 0 amide bonds. The lowest BCUT2D eigenvalue weighted by Crippen LogP contribution is -1.84. The van der Waals surface area contributed by atoms with Crippen LogP contribution in [-0.2, 0) is 0 Å². The van der Waals surface area contributed by atoms with Crippen molar-refractivity contribution in [1.29, 1.82) is 15.8 Å².